The molecule has 88 valence electrons. The monoisotopic (exact) mass is 219 g/mol. The molecule has 0 saturated heterocycles. The summed E-state index contributed by atoms with van der Waals surface area (Å²) in [6, 6.07) is 0. The highest BCUT2D eigenvalue weighted by Crippen LogP contribution is 2.16. The van der Waals surface area contributed by atoms with Crippen molar-refractivity contribution >= 4 is 0 Å². The van der Waals surface area contributed by atoms with Gasteiger partial charge in [0.25, 0.3) is 0 Å². The minimum Gasteiger partial charge on any atom is -0.315 e. The number of aromatic nitrogens is 2. The Bertz CT molecular complexity index is 341. The van der Waals surface area contributed by atoms with E-state index >= 15 is 0 Å². The Morgan fingerprint density at radius 2 is 2.44 bits per heavy atom. The number of hydrogen-bond acceptors (Lipinski definition) is 2. The van der Waals surface area contributed by atoms with E-state index in [0.717, 1.165) is 25.6 Å². The number of hydrogen-bond donors (Lipinski definition) is 1. The first-order chi connectivity index (χ1) is 7.84. The van der Waals surface area contributed by atoms with Crippen LogP contribution in [-0.2, 0) is 6.54 Å². The van der Waals surface area contributed by atoms with E-state index in [1.165, 1.54) is 24.8 Å². The van der Waals surface area contributed by atoms with E-state index in [2.05, 4.69) is 35.7 Å². The highest BCUT2D eigenvalue weighted by Gasteiger charge is 2.08. The van der Waals surface area contributed by atoms with Crippen LogP contribution >= 0.6 is 0 Å². The maximum atomic E-state index is 4.27. The summed E-state index contributed by atoms with van der Waals surface area (Å²) in [5.74, 6) is 0.837. The summed E-state index contributed by atoms with van der Waals surface area (Å²) in [6.45, 7) is 5.20. The van der Waals surface area contributed by atoms with Crippen molar-refractivity contribution in [3.8, 4) is 0 Å². The van der Waals surface area contributed by atoms with Gasteiger partial charge in [0.15, 0.2) is 0 Å². The molecule has 1 heterocycles. The van der Waals surface area contributed by atoms with Crippen LogP contribution in [0.5, 0.6) is 0 Å². The molecule has 0 amide bonds. The third-order valence-corrected chi connectivity index (χ3v) is 3.09. The summed E-state index contributed by atoms with van der Waals surface area (Å²) in [6.07, 6.45) is 12.4. The zero-order chi connectivity index (χ0) is 11.2. The number of rotatable bonds is 5. The lowest BCUT2D eigenvalue weighted by atomic mass is 9.94. The first kappa shape index (κ1) is 11.4. The molecule has 3 heteroatoms. The van der Waals surface area contributed by atoms with E-state index in [4.69, 9.17) is 0 Å². The van der Waals surface area contributed by atoms with Gasteiger partial charge in [-0.3, -0.25) is 4.68 Å². The molecule has 0 bridgehead atoms. The molecule has 0 aromatic carbocycles. The third kappa shape index (κ3) is 3.49. The molecule has 0 fully saturated rings. The Balaban J connectivity index is 1.59. The van der Waals surface area contributed by atoms with E-state index in [9.17, 15) is 0 Å². The van der Waals surface area contributed by atoms with Crippen LogP contribution < -0.4 is 5.32 Å². The predicted molar refractivity (Wildman–Crippen MR) is 66.3 cm³/mol. The van der Waals surface area contributed by atoms with Crippen LogP contribution in [0, 0.1) is 12.8 Å². The minimum absolute atomic E-state index is 0.837. The van der Waals surface area contributed by atoms with Gasteiger partial charge in [0.05, 0.1) is 12.7 Å². The normalized spacial score (nSPS) is 20.2. The zero-order valence-corrected chi connectivity index (χ0v) is 10.0. The molecule has 1 unspecified atom stereocenters. The first-order valence-electron chi connectivity index (χ1n) is 6.19. The Morgan fingerprint density at radius 1 is 1.50 bits per heavy atom. The van der Waals surface area contributed by atoms with Crippen LogP contribution in [0.25, 0.3) is 0 Å². The van der Waals surface area contributed by atoms with Crippen molar-refractivity contribution < 1.29 is 0 Å². The molecule has 0 aliphatic heterocycles. The fourth-order valence-corrected chi connectivity index (χ4v) is 2.13. The molecule has 3 nitrogen and oxygen atoms in total. The molecule has 1 aromatic heterocycles. The van der Waals surface area contributed by atoms with Crippen LogP contribution in [-0.4, -0.2) is 22.9 Å². The van der Waals surface area contributed by atoms with Crippen molar-refractivity contribution in [2.45, 2.75) is 32.7 Å². The fourth-order valence-electron chi connectivity index (χ4n) is 2.13. The van der Waals surface area contributed by atoms with Crippen LogP contribution in [0.2, 0.25) is 0 Å². The number of nitrogens with zero attached hydrogens (tertiary/aromatic N) is 2. The van der Waals surface area contributed by atoms with Crippen molar-refractivity contribution in [1.82, 2.24) is 15.1 Å². The summed E-state index contributed by atoms with van der Waals surface area (Å²) < 4.78 is 2.00. The van der Waals surface area contributed by atoms with Gasteiger partial charge in [-0.1, -0.05) is 12.2 Å². The molecular weight excluding hydrogens is 198 g/mol. The Labute approximate surface area is 97.5 Å². The van der Waals surface area contributed by atoms with Gasteiger partial charge in [0.1, 0.15) is 0 Å². The van der Waals surface area contributed by atoms with Gasteiger partial charge in [0, 0.05) is 12.7 Å². The Morgan fingerprint density at radius 3 is 3.12 bits per heavy atom. The lowest BCUT2D eigenvalue weighted by molar-refractivity contribution is 0.429. The highest BCUT2D eigenvalue weighted by molar-refractivity contribution is 4.99. The maximum Gasteiger partial charge on any atom is 0.0534 e. The molecule has 1 aromatic rings. The van der Waals surface area contributed by atoms with Crippen LogP contribution in [0.4, 0.5) is 0 Å². The van der Waals surface area contributed by atoms with Crippen molar-refractivity contribution in [3.63, 3.8) is 0 Å². The van der Waals surface area contributed by atoms with Crippen LogP contribution in [0.1, 0.15) is 24.8 Å². The number of allylic oxidation sites excluding steroid dienone is 2. The quantitative estimate of drug-likeness (QED) is 0.607. The average Bonchev–Trinajstić information content (AvgIpc) is 2.72. The molecule has 0 saturated carbocycles. The van der Waals surface area contributed by atoms with Gasteiger partial charge < -0.3 is 5.32 Å². The van der Waals surface area contributed by atoms with E-state index < -0.39 is 0 Å². The topological polar surface area (TPSA) is 29.9 Å². The third-order valence-electron chi connectivity index (χ3n) is 3.09. The first-order valence-corrected chi connectivity index (χ1v) is 6.19. The summed E-state index contributed by atoms with van der Waals surface area (Å²) in [7, 11) is 0. The van der Waals surface area contributed by atoms with Gasteiger partial charge >= 0.3 is 0 Å². The zero-order valence-electron chi connectivity index (χ0n) is 10.0. The largest absolute Gasteiger partial charge is 0.315 e. The number of nitrogens with one attached hydrogen (secondary N) is 1. The van der Waals surface area contributed by atoms with E-state index in [1.54, 1.807) is 0 Å². The van der Waals surface area contributed by atoms with Crippen molar-refractivity contribution in [2.24, 2.45) is 5.92 Å². The average molecular weight is 219 g/mol. The van der Waals surface area contributed by atoms with E-state index in [-0.39, 0.29) is 0 Å². The Hall–Kier alpha value is -1.09. The summed E-state index contributed by atoms with van der Waals surface area (Å²) in [5.41, 5.74) is 1.23. The molecular formula is C13H21N3. The summed E-state index contributed by atoms with van der Waals surface area (Å²) in [4.78, 5) is 0. The van der Waals surface area contributed by atoms with E-state index in [0.29, 0.717) is 0 Å². The van der Waals surface area contributed by atoms with Gasteiger partial charge in [-0.25, -0.2) is 0 Å². The molecule has 0 spiro atoms. The SMILES string of the molecule is Cc1cnn(CCNCC2CC=CCC2)c1. The second-order valence-corrected chi connectivity index (χ2v) is 4.64. The maximum absolute atomic E-state index is 4.27. The standard InChI is InChI=1S/C13H21N3/c1-12-9-15-16(11-12)8-7-14-10-13-5-3-2-4-6-13/h2-3,9,11,13-14H,4-8,10H2,1H3. The molecule has 0 radical (unpaired) electrons. The van der Waals surface area contributed by atoms with Crippen molar-refractivity contribution in [1.29, 1.82) is 0 Å². The molecule has 1 N–H and O–H groups in total. The second kappa shape index (κ2) is 5.85. The summed E-state index contributed by atoms with van der Waals surface area (Å²) in [5, 5.41) is 7.78. The molecule has 16 heavy (non-hydrogen) atoms. The molecule has 1 aliphatic rings. The summed E-state index contributed by atoms with van der Waals surface area (Å²) >= 11 is 0. The number of aryl methyl sites for hydroxylation is 1. The lowest BCUT2D eigenvalue weighted by Crippen LogP contribution is -2.26. The predicted octanol–water partition coefficient (Wildman–Crippen LogP) is 2.14. The molecule has 2 rings (SSSR count). The lowest BCUT2D eigenvalue weighted by Gasteiger charge is -2.18. The van der Waals surface area contributed by atoms with Gasteiger partial charge in [-0.2, -0.15) is 5.10 Å². The fraction of sp³-hybridized carbons (Fsp3) is 0.615. The van der Waals surface area contributed by atoms with Gasteiger partial charge in [0.2, 0.25) is 0 Å². The van der Waals surface area contributed by atoms with Crippen LogP contribution in [0.3, 0.4) is 0 Å². The van der Waals surface area contributed by atoms with Crippen molar-refractivity contribution in [3.05, 3.63) is 30.1 Å². The second-order valence-electron chi connectivity index (χ2n) is 4.64. The van der Waals surface area contributed by atoms with Gasteiger partial charge in [-0.15, -0.1) is 0 Å². The van der Waals surface area contributed by atoms with E-state index in [1.807, 2.05) is 10.9 Å². The Kier molecular flexibility index (Phi) is 4.17. The van der Waals surface area contributed by atoms with Gasteiger partial charge in [-0.05, 0) is 44.2 Å². The smallest absolute Gasteiger partial charge is 0.0534 e. The highest BCUT2D eigenvalue weighted by atomic mass is 15.3. The van der Waals surface area contributed by atoms with Crippen molar-refractivity contribution in [2.75, 3.05) is 13.1 Å². The molecule has 1 aliphatic carbocycles. The van der Waals surface area contributed by atoms with Crippen LogP contribution in [0.15, 0.2) is 24.5 Å². The minimum atomic E-state index is 0.837. The molecule has 1 atom stereocenters.